The van der Waals surface area contributed by atoms with Crippen LogP contribution in [0.25, 0.3) is 5.70 Å². The Kier molecular flexibility index (Phi) is 1.20. The van der Waals surface area contributed by atoms with Gasteiger partial charge < -0.3 is 4.57 Å². The van der Waals surface area contributed by atoms with Crippen LogP contribution in [-0.2, 0) is 0 Å². The van der Waals surface area contributed by atoms with Crippen molar-refractivity contribution in [3.63, 3.8) is 0 Å². The van der Waals surface area contributed by atoms with Gasteiger partial charge in [-0.1, -0.05) is 0 Å². The first kappa shape index (κ1) is 5.16. The van der Waals surface area contributed by atoms with Crippen LogP contribution >= 0.6 is 0 Å². The number of allylic oxidation sites excluding steroid dienone is 1. The second-order valence-electron chi connectivity index (χ2n) is 1.73. The molecule has 1 heteroatoms. The van der Waals surface area contributed by atoms with Crippen molar-refractivity contribution in [1.82, 2.24) is 4.57 Å². The summed E-state index contributed by atoms with van der Waals surface area (Å²) in [5.41, 5.74) is 0.801. The Labute approximate surface area is 49.3 Å². The third-order valence-corrected chi connectivity index (χ3v) is 1.01. The van der Waals surface area contributed by atoms with E-state index in [1.807, 2.05) is 36.0 Å². The Hall–Kier alpha value is -0.980. The highest BCUT2D eigenvalue weighted by atomic mass is 14.9. The molecule has 8 heavy (non-hydrogen) atoms. The highest BCUT2D eigenvalue weighted by molar-refractivity contribution is 5.35. The highest BCUT2D eigenvalue weighted by Gasteiger charge is 1.82. The zero-order chi connectivity index (χ0) is 5.98. The summed E-state index contributed by atoms with van der Waals surface area (Å²) in [7, 11) is 0. The minimum atomic E-state index is 0.801. The van der Waals surface area contributed by atoms with Gasteiger partial charge in [0.15, 0.2) is 0 Å². The third kappa shape index (κ3) is 0.808. The lowest BCUT2D eigenvalue weighted by Gasteiger charge is -1.95. The fraction of sp³-hybridized carbons (Fsp3) is 0.143. The molecule has 0 aliphatic carbocycles. The van der Waals surface area contributed by atoms with Gasteiger partial charge >= 0.3 is 0 Å². The van der Waals surface area contributed by atoms with Crippen LogP contribution in [0.4, 0.5) is 0 Å². The van der Waals surface area contributed by atoms with Crippen LogP contribution in [0.1, 0.15) is 6.92 Å². The summed E-state index contributed by atoms with van der Waals surface area (Å²) in [4.78, 5) is 0. The molecule has 1 rings (SSSR count). The van der Waals surface area contributed by atoms with E-state index < -0.39 is 0 Å². The van der Waals surface area contributed by atoms with Gasteiger partial charge in [-0.3, -0.25) is 0 Å². The normalized spacial score (nSPS) is 9.12. The number of nitrogens with zero attached hydrogens (tertiary/aromatic N) is 1. The van der Waals surface area contributed by atoms with E-state index >= 15 is 0 Å². The van der Waals surface area contributed by atoms with Gasteiger partial charge in [0.05, 0.1) is 0 Å². The predicted octanol–water partition coefficient (Wildman–Crippen LogP) is 1.78. The van der Waals surface area contributed by atoms with Crippen LogP contribution < -0.4 is 0 Å². The molecular weight excluding hydrogens is 98.1 g/mol. The summed E-state index contributed by atoms with van der Waals surface area (Å²) < 4.78 is 1.86. The van der Waals surface area contributed by atoms with Crippen LogP contribution in [0.15, 0.2) is 24.5 Å². The van der Waals surface area contributed by atoms with Gasteiger partial charge in [-0.2, -0.15) is 0 Å². The van der Waals surface area contributed by atoms with Crippen molar-refractivity contribution < 1.29 is 0 Å². The maximum Gasteiger partial charge on any atom is 0.0190 e. The third-order valence-electron chi connectivity index (χ3n) is 1.01. The topological polar surface area (TPSA) is 4.93 Å². The van der Waals surface area contributed by atoms with Gasteiger partial charge in [0.25, 0.3) is 0 Å². The lowest BCUT2D eigenvalue weighted by Crippen LogP contribution is -1.83. The van der Waals surface area contributed by atoms with E-state index in [0.29, 0.717) is 0 Å². The summed E-state index contributed by atoms with van der Waals surface area (Å²) in [5, 5.41) is 0. The van der Waals surface area contributed by atoms with E-state index in [4.69, 9.17) is 6.58 Å². The molecule has 0 N–H and O–H groups in total. The Bertz CT molecular complexity index is 172. The lowest BCUT2D eigenvalue weighted by molar-refractivity contribution is 1.10. The van der Waals surface area contributed by atoms with Crippen molar-refractivity contribution in [2.24, 2.45) is 0 Å². The molecule has 1 heterocycles. The van der Waals surface area contributed by atoms with Crippen LogP contribution in [0, 0.1) is 6.58 Å². The maximum atomic E-state index is 5.44. The second-order valence-corrected chi connectivity index (χ2v) is 1.73. The summed E-state index contributed by atoms with van der Waals surface area (Å²) >= 11 is 0. The second kappa shape index (κ2) is 1.86. The molecule has 0 spiro atoms. The molecule has 0 amide bonds. The van der Waals surface area contributed by atoms with Gasteiger partial charge in [0.2, 0.25) is 0 Å². The average molecular weight is 106 g/mol. The molecule has 0 atom stereocenters. The van der Waals surface area contributed by atoms with E-state index in [1.54, 1.807) is 0 Å². The Morgan fingerprint density at radius 1 is 1.38 bits per heavy atom. The molecule has 0 saturated carbocycles. The molecular formula is C7H8N. The van der Waals surface area contributed by atoms with Gasteiger partial charge in [0.1, 0.15) is 0 Å². The number of rotatable bonds is 1. The summed E-state index contributed by atoms with van der Waals surface area (Å²) in [6, 6.07) is 3.88. The predicted molar refractivity (Wildman–Crippen MR) is 34.1 cm³/mol. The van der Waals surface area contributed by atoms with Gasteiger partial charge in [-0.05, 0) is 25.6 Å². The molecule has 0 unspecified atom stereocenters. The van der Waals surface area contributed by atoms with E-state index in [2.05, 4.69) is 0 Å². The SMILES string of the molecule is [CH]=C(C)n1cccc1. The smallest absolute Gasteiger partial charge is 0.0190 e. The van der Waals surface area contributed by atoms with Crippen LogP contribution in [0.3, 0.4) is 0 Å². The van der Waals surface area contributed by atoms with E-state index in [1.165, 1.54) is 0 Å². The molecule has 0 bridgehead atoms. The minimum absolute atomic E-state index is 0.801. The van der Waals surface area contributed by atoms with Crippen LogP contribution in [0.5, 0.6) is 0 Å². The summed E-state index contributed by atoms with van der Waals surface area (Å²) in [5.74, 6) is 0. The Balaban J connectivity index is 2.93. The molecule has 1 aromatic heterocycles. The quantitative estimate of drug-likeness (QED) is 0.514. The molecule has 41 valence electrons. The largest absolute Gasteiger partial charge is 0.328 e. The standard InChI is InChI=1S/C7H8N/c1-7(2)8-5-3-4-6-8/h1,3-6H,2H3. The van der Waals surface area contributed by atoms with Gasteiger partial charge in [-0.25, -0.2) is 0 Å². The van der Waals surface area contributed by atoms with Crippen molar-refractivity contribution >= 4 is 5.70 Å². The molecule has 1 nitrogen and oxygen atoms in total. The summed E-state index contributed by atoms with van der Waals surface area (Å²) in [6.07, 6.45) is 3.82. The monoisotopic (exact) mass is 106 g/mol. The molecule has 0 aliphatic heterocycles. The molecule has 0 aliphatic rings. The Morgan fingerprint density at radius 2 is 1.88 bits per heavy atom. The van der Waals surface area contributed by atoms with Crippen molar-refractivity contribution in [3.8, 4) is 0 Å². The van der Waals surface area contributed by atoms with Crippen molar-refractivity contribution in [2.45, 2.75) is 6.92 Å². The van der Waals surface area contributed by atoms with Gasteiger partial charge in [-0.15, -0.1) is 0 Å². The van der Waals surface area contributed by atoms with Crippen molar-refractivity contribution in [1.29, 1.82) is 0 Å². The number of hydrogen-bond donors (Lipinski definition) is 0. The maximum absolute atomic E-state index is 5.44. The van der Waals surface area contributed by atoms with E-state index in [9.17, 15) is 0 Å². The first-order valence-electron chi connectivity index (χ1n) is 2.53. The fourth-order valence-corrected chi connectivity index (χ4v) is 0.570. The Morgan fingerprint density at radius 3 is 2.12 bits per heavy atom. The molecule has 0 aromatic carbocycles. The molecule has 0 saturated heterocycles. The average Bonchev–Trinajstić information content (AvgIpc) is 2.12. The van der Waals surface area contributed by atoms with Crippen molar-refractivity contribution in [3.05, 3.63) is 31.1 Å². The van der Waals surface area contributed by atoms with E-state index in [-0.39, 0.29) is 0 Å². The van der Waals surface area contributed by atoms with Gasteiger partial charge in [0, 0.05) is 18.1 Å². The van der Waals surface area contributed by atoms with Crippen LogP contribution in [-0.4, -0.2) is 4.57 Å². The first-order valence-corrected chi connectivity index (χ1v) is 2.53. The number of hydrogen-bond acceptors (Lipinski definition) is 0. The number of aromatic nitrogens is 1. The fourth-order valence-electron chi connectivity index (χ4n) is 0.570. The lowest BCUT2D eigenvalue weighted by atomic mass is 10.6. The summed E-state index contributed by atoms with van der Waals surface area (Å²) in [6.45, 7) is 7.30. The van der Waals surface area contributed by atoms with Crippen LogP contribution in [0.2, 0.25) is 0 Å². The molecule has 1 radical (unpaired) electrons. The zero-order valence-electron chi connectivity index (χ0n) is 4.83. The molecule has 0 fully saturated rings. The zero-order valence-corrected chi connectivity index (χ0v) is 4.83. The van der Waals surface area contributed by atoms with Crippen molar-refractivity contribution in [2.75, 3.05) is 0 Å². The highest BCUT2D eigenvalue weighted by Crippen LogP contribution is 1.97. The minimum Gasteiger partial charge on any atom is -0.328 e. The first-order chi connectivity index (χ1) is 3.80. The molecule has 1 aromatic rings. The van der Waals surface area contributed by atoms with E-state index in [0.717, 1.165) is 5.70 Å².